The van der Waals surface area contributed by atoms with Crippen LogP contribution in [0.5, 0.6) is 0 Å². The second-order valence-corrected chi connectivity index (χ2v) is 7.33. The van der Waals surface area contributed by atoms with E-state index in [0.29, 0.717) is 18.6 Å². The predicted octanol–water partition coefficient (Wildman–Crippen LogP) is 5.26. The minimum Gasteiger partial charge on any atom is -0.378 e. The molecule has 23 heavy (non-hydrogen) atoms. The largest absolute Gasteiger partial charge is 0.378 e. The lowest BCUT2D eigenvalue weighted by Gasteiger charge is -2.38. The van der Waals surface area contributed by atoms with Crippen LogP contribution in [0.25, 0.3) is 6.08 Å². The van der Waals surface area contributed by atoms with Crippen molar-refractivity contribution in [1.29, 1.82) is 0 Å². The van der Waals surface area contributed by atoms with Crippen molar-refractivity contribution < 1.29 is 9.47 Å². The van der Waals surface area contributed by atoms with Crippen molar-refractivity contribution in [3.8, 4) is 0 Å². The second-order valence-electron chi connectivity index (χ2n) is 7.33. The molecule has 2 rings (SSSR count). The van der Waals surface area contributed by atoms with Gasteiger partial charge in [0.1, 0.15) is 0 Å². The van der Waals surface area contributed by atoms with E-state index in [1.165, 1.54) is 11.1 Å². The van der Waals surface area contributed by atoms with Gasteiger partial charge < -0.3 is 9.47 Å². The Morgan fingerprint density at radius 2 is 2.04 bits per heavy atom. The molecule has 0 N–H and O–H groups in total. The molecule has 128 valence electrons. The van der Waals surface area contributed by atoms with Crippen LogP contribution >= 0.6 is 0 Å². The van der Waals surface area contributed by atoms with E-state index in [-0.39, 0.29) is 5.60 Å². The summed E-state index contributed by atoms with van der Waals surface area (Å²) >= 11 is 0. The van der Waals surface area contributed by atoms with E-state index in [4.69, 9.17) is 9.47 Å². The Balaban J connectivity index is 1.80. The van der Waals surface area contributed by atoms with Crippen molar-refractivity contribution in [3.63, 3.8) is 0 Å². The maximum Gasteiger partial charge on any atom is 0.0705 e. The van der Waals surface area contributed by atoms with E-state index in [1.807, 2.05) is 0 Å². The summed E-state index contributed by atoms with van der Waals surface area (Å²) in [5.41, 5.74) is 2.57. The van der Waals surface area contributed by atoms with Gasteiger partial charge in [0, 0.05) is 13.0 Å². The van der Waals surface area contributed by atoms with Gasteiger partial charge in [-0.1, -0.05) is 57.2 Å². The Kier molecular flexibility index (Phi) is 6.86. The summed E-state index contributed by atoms with van der Waals surface area (Å²) in [6.07, 6.45) is 8.82. The fraction of sp³-hybridized carbons (Fsp3) is 0.619. The lowest BCUT2D eigenvalue weighted by molar-refractivity contribution is -0.126. The van der Waals surface area contributed by atoms with E-state index >= 15 is 0 Å². The van der Waals surface area contributed by atoms with Crippen molar-refractivity contribution in [2.24, 2.45) is 5.92 Å². The molecule has 0 saturated carbocycles. The molecule has 1 saturated heterocycles. The summed E-state index contributed by atoms with van der Waals surface area (Å²) in [5.74, 6) is 0.674. The average Bonchev–Trinajstić information content (AvgIpc) is 2.51. The molecule has 2 atom stereocenters. The van der Waals surface area contributed by atoms with Crippen LogP contribution in [0.4, 0.5) is 0 Å². The quantitative estimate of drug-likeness (QED) is 0.683. The van der Waals surface area contributed by atoms with Gasteiger partial charge in [0.05, 0.1) is 18.3 Å². The van der Waals surface area contributed by atoms with Crippen molar-refractivity contribution in [3.05, 3.63) is 41.5 Å². The van der Waals surface area contributed by atoms with Gasteiger partial charge in [-0.25, -0.2) is 0 Å². The maximum absolute atomic E-state index is 6.18. The first-order chi connectivity index (χ1) is 11.0. The molecule has 0 amide bonds. The first-order valence-electron chi connectivity index (χ1n) is 9.02. The zero-order valence-electron chi connectivity index (χ0n) is 15.2. The number of ether oxygens (including phenoxy) is 2. The van der Waals surface area contributed by atoms with E-state index in [0.717, 1.165) is 32.3 Å². The van der Waals surface area contributed by atoms with Crippen LogP contribution in [0.3, 0.4) is 0 Å². The fourth-order valence-electron chi connectivity index (χ4n) is 3.19. The maximum atomic E-state index is 6.18. The molecule has 0 radical (unpaired) electrons. The zero-order chi connectivity index (χ0) is 16.7. The van der Waals surface area contributed by atoms with Crippen LogP contribution in [-0.4, -0.2) is 24.9 Å². The summed E-state index contributed by atoms with van der Waals surface area (Å²) < 4.78 is 12.1. The van der Waals surface area contributed by atoms with Gasteiger partial charge in [0.2, 0.25) is 0 Å². The van der Waals surface area contributed by atoms with Crippen molar-refractivity contribution in [1.82, 2.24) is 0 Å². The SMILES string of the molecule is CCc1ccc(/C=C/COC2(C)CCOC(CC(C)C)C2)cc1. The Labute approximate surface area is 141 Å². The van der Waals surface area contributed by atoms with Crippen LogP contribution in [0.2, 0.25) is 0 Å². The molecule has 2 heteroatoms. The molecule has 1 aliphatic heterocycles. The van der Waals surface area contributed by atoms with Crippen LogP contribution in [0.15, 0.2) is 30.3 Å². The van der Waals surface area contributed by atoms with Crippen molar-refractivity contribution in [2.75, 3.05) is 13.2 Å². The molecule has 1 fully saturated rings. The molecule has 1 aliphatic rings. The average molecular weight is 316 g/mol. The number of hydrogen-bond donors (Lipinski definition) is 0. The fourth-order valence-corrected chi connectivity index (χ4v) is 3.19. The summed E-state index contributed by atoms with van der Waals surface area (Å²) in [4.78, 5) is 0. The van der Waals surface area contributed by atoms with Gasteiger partial charge in [-0.05, 0) is 43.2 Å². The molecule has 0 spiro atoms. The molecule has 1 aromatic carbocycles. The summed E-state index contributed by atoms with van der Waals surface area (Å²) in [6.45, 7) is 10.4. The molecule has 1 heterocycles. The molecule has 2 nitrogen and oxygen atoms in total. The number of benzene rings is 1. The molecule has 1 aromatic rings. The van der Waals surface area contributed by atoms with Gasteiger partial charge in [0.15, 0.2) is 0 Å². The van der Waals surface area contributed by atoms with Crippen molar-refractivity contribution in [2.45, 2.75) is 65.1 Å². The minimum absolute atomic E-state index is 0.0474. The molecular weight excluding hydrogens is 284 g/mol. The van der Waals surface area contributed by atoms with Gasteiger partial charge in [0.25, 0.3) is 0 Å². The predicted molar refractivity (Wildman–Crippen MR) is 97.6 cm³/mol. The number of hydrogen-bond acceptors (Lipinski definition) is 2. The minimum atomic E-state index is -0.0474. The van der Waals surface area contributed by atoms with Crippen LogP contribution in [0.1, 0.15) is 58.1 Å². The Morgan fingerprint density at radius 3 is 2.70 bits per heavy atom. The molecular formula is C21H32O2. The van der Waals surface area contributed by atoms with Crippen LogP contribution < -0.4 is 0 Å². The topological polar surface area (TPSA) is 18.5 Å². The normalized spacial score (nSPS) is 25.3. The highest BCUT2D eigenvalue weighted by molar-refractivity contribution is 5.49. The molecule has 0 aliphatic carbocycles. The van der Waals surface area contributed by atoms with Gasteiger partial charge >= 0.3 is 0 Å². The lowest BCUT2D eigenvalue weighted by Crippen LogP contribution is -2.41. The Bertz CT molecular complexity index is 489. The third kappa shape index (κ3) is 6.12. The first-order valence-corrected chi connectivity index (χ1v) is 9.02. The highest BCUT2D eigenvalue weighted by Gasteiger charge is 2.33. The second kappa shape index (κ2) is 8.65. The monoisotopic (exact) mass is 316 g/mol. The van der Waals surface area contributed by atoms with Gasteiger partial charge in [-0.15, -0.1) is 0 Å². The third-order valence-electron chi connectivity index (χ3n) is 4.60. The molecule has 0 bridgehead atoms. The standard InChI is InChI=1S/C21H32O2/c1-5-18-8-10-19(11-9-18)7-6-13-23-21(4)12-14-22-20(16-21)15-17(2)3/h6-11,17,20H,5,12-16H2,1-4H3/b7-6+. The van der Waals surface area contributed by atoms with Crippen molar-refractivity contribution >= 4 is 6.08 Å². The molecule has 0 aromatic heterocycles. The molecule has 2 unspecified atom stereocenters. The van der Waals surface area contributed by atoms with E-state index in [2.05, 4.69) is 64.1 Å². The van der Waals surface area contributed by atoms with E-state index in [9.17, 15) is 0 Å². The smallest absolute Gasteiger partial charge is 0.0705 e. The summed E-state index contributed by atoms with van der Waals surface area (Å²) in [5, 5.41) is 0. The lowest BCUT2D eigenvalue weighted by atomic mass is 9.88. The highest BCUT2D eigenvalue weighted by atomic mass is 16.5. The van der Waals surface area contributed by atoms with E-state index in [1.54, 1.807) is 0 Å². The van der Waals surface area contributed by atoms with E-state index < -0.39 is 0 Å². The van der Waals surface area contributed by atoms with Crippen LogP contribution in [0, 0.1) is 5.92 Å². The van der Waals surface area contributed by atoms with Gasteiger partial charge in [-0.3, -0.25) is 0 Å². The number of aryl methyl sites for hydroxylation is 1. The zero-order valence-corrected chi connectivity index (χ0v) is 15.2. The third-order valence-corrected chi connectivity index (χ3v) is 4.60. The first kappa shape index (κ1) is 18.2. The Morgan fingerprint density at radius 1 is 1.30 bits per heavy atom. The summed E-state index contributed by atoms with van der Waals surface area (Å²) in [7, 11) is 0. The van der Waals surface area contributed by atoms with Crippen LogP contribution in [-0.2, 0) is 15.9 Å². The Hall–Kier alpha value is -1.12. The number of rotatable bonds is 7. The highest BCUT2D eigenvalue weighted by Crippen LogP contribution is 2.31. The summed E-state index contributed by atoms with van der Waals surface area (Å²) in [6, 6.07) is 8.72. The van der Waals surface area contributed by atoms with Gasteiger partial charge in [-0.2, -0.15) is 0 Å².